The fourth-order valence-electron chi connectivity index (χ4n) is 3.31. The normalized spacial score (nSPS) is 28.4. The summed E-state index contributed by atoms with van der Waals surface area (Å²) in [5, 5.41) is 0. The van der Waals surface area contributed by atoms with Gasteiger partial charge in [0.25, 0.3) is 0 Å². The number of nitrogens with two attached hydrogens (primary N) is 1. The van der Waals surface area contributed by atoms with Crippen LogP contribution in [0.2, 0.25) is 0 Å². The van der Waals surface area contributed by atoms with E-state index in [-0.39, 0.29) is 11.9 Å². The average Bonchev–Trinajstić information content (AvgIpc) is 2.41. The zero-order valence-electron chi connectivity index (χ0n) is 12.5. The second kappa shape index (κ2) is 6.71. The third kappa shape index (κ3) is 4.18. The van der Waals surface area contributed by atoms with Gasteiger partial charge in [0.1, 0.15) is 0 Å². The molecule has 19 heavy (non-hydrogen) atoms. The molecule has 0 aromatic carbocycles. The minimum Gasteiger partial charge on any atom is -0.341 e. The van der Waals surface area contributed by atoms with Gasteiger partial charge < -0.3 is 15.5 Å². The van der Waals surface area contributed by atoms with Crippen LogP contribution in [0.5, 0.6) is 0 Å². The summed E-state index contributed by atoms with van der Waals surface area (Å²) in [6.45, 7) is 9.58. The summed E-state index contributed by atoms with van der Waals surface area (Å²) >= 11 is 0. The molecule has 0 bridgehead atoms. The molecule has 2 aliphatic heterocycles. The van der Waals surface area contributed by atoms with E-state index in [4.69, 9.17) is 5.73 Å². The van der Waals surface area contributed by atoms with E-state index in [1.807, 2.05) is 4.90 Å². The molecule has 0 saturated carbocycles. The number of amides is 1. The molecule has 0 radical (unpaired) electrons. The van der Waals surface area contributed by atoms with Crippen LogP contribution in [-0.4, -0.2) is 54.5 Å². The Hall–Kier alpha value is -0.610. The maximum Gasteiger partial charge on any atom is 0.239 e. The van der Waals surface area contributed by atoms with Gasteiger partial charge in [-0.3, -0.25) is 4.79 Å². The van der Waals surface area contributed by atoms with Crippen molar-refractivity contribution in [3.8, 4) is 0 Å². The van der Waals surface area contributed by atoms with E-state index >= 15 is 0 Å². The summed E-state index contributed by atoms with van der Waals surface area (Å²) < 4.78 is 0. The number of piperidine rings is 2. The SMILES string of the molecule is CC1CCN(CC2CCCN(C(=O)[C@@H](C)N)C2)CC1. The number of rotatable bonds is 3. The monoisotopic (exact) mass is 267 g/mol. The molecule has 4 heteroatoms. The van der Waals surface area contributed by atoms with Gasteiger partial charge in [-0.1, -0.05) is 6.92 Å². The van der Waals surface area contributed by atoms with Crippen LogP contribution in [0, 0.1) is 11.8 Å². The quantitative estimate of drug-likeness (QED) is 0.838. The van der Waals surface area contributed by atoms with Crippen molar-refractivity contribution < 1.29 is 4.79 Å². The van der Waals surface area contributed by atoms with Crippen molar-refractivity contribution in [2.24, 2.45) is 17.6 Å². The minimum absolute atomic E-state index is 0.122. The van der Waals surface area contributed by atoms with E-state index < -0.39 is 0 Å². The third-order valence-corrected chi connectivity index (χ3v) is 4.61. The molecule has 2 N–H and O–H groups in total. The maximum absolute atomic E-state index is 12.0. The molecule has 0 aliphatic carbocycles. The molecule has 110 valence electrons. The summed E-state index contributed by atoms with van der Waals surface area (Å²) in [5.74, 6) is 1.65. The van der Waals surface area contributed by atoms with E-state index in [9.17, 15) is 4.79 Å². The Morgan fingerprint density at radius 1 is 1.26 bits per heavy atom. The fourth-order valence-corrected chi connectivity index (χ4v) is 3.31. The minimum atomic E-state index is -0.352. The highest BCUT2D eigenvalue weighted by Crippen LogP contribution is 2.22. The molecule has 0 spiro atoms. The van der Waals surface area contributed by atoms with Crippen LogP contribution < -0.4 is 5.73 Å². The molecule has 0 aromatic rings. The van der Waals surface area contributed by atoms with E-state index in [0.717, 1.165) is 32.0 Å². The zero-order chi connectivity index (χ0) is 13.8. The fraction of sp³-hybridized carbons (Fsp3) is 0.933. The van der Waals surface area contributed by atoms with Gasteiger partial charge in [0.15, 0.2) is 0 Å². The van der Waals surface area contributed by atoms with Gasteiger partial charge in [0.2, 0.25) is 5.91 Å². The molecule has 2 fully saturated rings. The Bertz CT molecular complexity index is 298. The van der Waals surface area contributed by atoms with Crippen LogP contribution in [-0.2, 0) is 4.79 Å². The van der Waals surface area contributed by atoms with Crippen LogP contribution in [0.3, 0.4) is 0 Å². The molecule has 2 atom stereocenters. The summed E-state index contributed by atoms with van der Waals surface area (Å²) in [6, 6.07) is -0.352. The Labute approximate surface area is 117 Å². The highest BCUT2D eigenvalue weighted by Gasteiger charge is 2.27. The van der Waals surface area contributed by atoms with Crippen molar-refractivity contribution in [2.45, 2.75) is 45.6 Å². The lowest BCUT2D eigenvalue weighted by molar-refractivity contribution is -0.134. The molecular weight excluding hydrogens is 238 g/mol. The molecule has 2 rings (SSSR count). The van der Waals surface area contributed by atoms with Crippen LogP contribution >= 0.6 is 0 Å². The topological polar surface area (TPSA) is 49.6 Å². The van der Waals surface area contributed by atoms with Crippen molar-refractivity contribution in [1.82, 2.24) is 9.80 Å². The average molecular weight is 267 g/mol. The summed E-state index contributed by atoms with van der Waals surface area (Å²) in [4.78, 5) is 16.5. The summed E-state index contributed by atoms with van der Waals surface area (Å²) in [7, 11) is 0. The van der Waals surface area contributed by atoms with E-state index in [2.05, 4.69) is 11.8 Å². The first-order valence-corrected chi connectivity index (χ1v) is 7.83. The lowest BCUT2D eigenvalue weighted by Gasteiger charge is -2.38. The molecule has 1 amide bonds. The van der Waals surface area contributed by atoms with Crippen molar-refractivity contribution in [2.75, 3.05) is 32.7 Å². The van der Waals surface area contributed by atoms with Gasteiger partial charge in [-0.25, -0.2) is 0 Å². The number of hydrogen-bond acceptors (Lipinski definition) is 3. The molecule has 2 aliphatic rings. The van der Waals surface area contributed by atoms with Gasteiger partial charge >= 0.3 is 0 Å². The maximum atomic E-state index is 12.0. The molecule has 4 nitrogen and oxygen atoms in total. The lowest BCUT2D eigenvalue weighted by atomic mass is 9.94. The Balaban J connectivity index is 1.79. The standard InChI is InChI=1S/C15H29N3O/c1-12-5-8-17(9-6-12)10-14-4-3-7-18(11-14)15(19)13(2)16/h12-14H,3-11,16H2,1-2H3/t13-,14?/m1/s1. The summed E-state index contributed by atoms with van der Waals surface area (Å²) in [6.07, 6.45) is 5.05. The first-order chi connectivity index (χ1) is 9.06. The van der Waals surface area contributed by atoms with Crippen LogP contribution in [0.15, 0.2) is 0 Å². The first kappa shape index (κ1) is 14.8. The second-order valence-electron chi connectivity index (χ2n) is 6.56. The Morgan fingerprint density at radius 3 is 2.58 bits per heavy atom. The van der Waals surface area contributed by atoms with Crippen molar-refractivity contribution in [3.05, 3.63) is 0 Å². The van der Waals surface area contributed by atoms with Crippen molar-refractivity contribution in [3.63, 3.8) is 0 Å². The van der Waals surface area contributed by atoms with Gasteiger partial charge in [0.05, 0.1) is 6.04 Å². The van der Waals surface area contributed by atoms with E-state index in [1.54, 1.807) is 6.92 Å². The Kier molecular flexibility index (Phi) is 5.22. The molecule has 2 heterocycles. The van der Waals surface area contributed by atoms with E-state index in [1.165, 1.54) is 32.4 Å². The first-order valence-electron chi connectivity index (χ1n) is 7.83. The Morgan fingerprint density at radius 2 is 1.95 bits per heavy atom. The van der Waals surface area contributed by atoms with Gasteiger partial charge in [-0.05, 0) is 57.5 Å². The molecule has 2 saturated heterocycles. The van der Waals surface area contributed by atoms with E-state index in [0.29, 0.717) is 5.92 Å². The highest BCUT2D eigenvalue weighted by atomic mass is 16.2. The largest absolute Gasteiger partial charge is 0.341 e. The highest BCUT2D eigenvalue weighted by molar-refractivity contribution is 5.81. The number of carbonyl (C=O) groups excluding carboxylic acids is 1. The number of nitrogens with zero attached hydrogens (tertiary/aromatic N) is 2. The van der Waals surface area contributed by atoms with Crippen LogP contribution in [0.1, 0.15) is 39.5 Å². The van der Waals surface area contributed by atoms with Gasteiger partial charge in [-0.15, -0.1) is 0 Å². The predicted octanol–water partition coefficient (Wildman–Crippen LogP) is 1.30. The van der Waals surface area contributed by atoms with Crippen LogP contribution in [0.4, 0.5) is 0 Å². The molecular formula is C15H29N3O. The number of likely N-dealkylation sites (tertiary alicyclic amines) is 2. The number of carbonyl (C=O) groups is 1. The lowest BCUT2D eigenvalue weighted by Crippen LogP contribution is -2.49. The second-order valence-corrected chi connectivity index (χ2v) is 6.56. The third-order valence-electron chi connectivity index (χ3n) is 4.61. The van der Waals surface area contributed by atoms with Crippen molar-refractivity contribution in [1.29, 1.82) is 0 Å². The van der Waals surface area contributed by atoms with Gasteiger partial charge in [0, 0.05) is 19.6 Å². The van der Waals surface area contributed by atoms with Crippen LogP contribution in [0.25, 0.3) is 0 Å². The number of hydrogen-bond donors (Lipinski definition) is 1. The smallest absolute Gasteiger partial charge is 0.239 e. The van der Waals surface area contributed by atoms with Gasteiger partial charge in [-0.2, -0.15) is 0 Å². The van der Waals surface area contributed by atoms with Crippen molar-refractivity contribution >= 4 is 5.91 Å². The molecule has 1 unspecified atom stereocenters. The zero-order valence-corrected chi connectivity index (χ0v) is 12.5. The summed E-state index contributed by atoms with van der Waals surface area (Å²) in [5.41, 5.74) is 5.71. The predicted molar refractivity (Wildman–Crippen MR) is 77.8 cm³/mol. The molecule has 0 aromatic heterocycles.